The zero-order chi connectivity index (χ0) is 13.7. The highest BCUT2D eigenvalue weighted by atomic mass is 32.1. The predicted molar refractivity (Wildman–Crippen MR) is 77.8 cm³/mol. The van der Waals surface area contributed by atoms with E-state index in [1.807, 2.05) is 6.20 Å². The van der Waals surface area contributed by atoms with Crippen LogP contribution in [0.1, 0.15) is 23.2 Å². The SMILES string of the molecule is COCCNCC1(Cc2cnc(C)s2)CCOC1C. The lowest BCUT2D eigenvalue weighted by Gasteiger charge is -2.32. The quantitative estimate of drug-likeness (QED) is 0.778. The molecule has 1 saturated heterocycles. The minimum absolute atomic E-state index is 0.201. The molecule has 1 N–H and O–H groups in total. The van der Waals surface area contributed by atoms with Crippen molar-refractivity contribution >= 4 is 11.3 Å². The Kier molecular flexibility index (Phi) is 5.33. The molecule has 5 heteroatoms. The highest BCUT2D eigenvalue weighted by Crippen LogP contribution is 2.38. The normalized spacial score (nSPS) is 27.0. The largest absolute Gasteiger partial charge is 0.383 e. The van der Waals surface area contributed by atoms with Crippen LogP contribution in [0.3, 0.4) is 0 Å². The molecule has 1 fully saturated rings. The monoisotopic (exact) mass is 284 g/mol. The predicted octanol–water partition coefficient (Wildman–Crippen LogP) is 2.03. The Morgan fingerprint density at radius 2 is 2.47 bits per heavy atom. The Balaban J connectivity index is 1.98. The van der Waals surface area contributed by atoms with Crippen molar-refractivity contribution in [3.8, 4) is 0 Å². The number of methoxy groups -OCH3 is 1. The molecule has 2 atom stereocenters. The van der Waals surface area contributed by atoms with E-state index in [-0.39, 0.29) is 5.41 Å². The first-order valence-corrected chi connectivity index (χ1v) is 7.70. The zero-order valence-corrected chi connectivity index (χ0v) is 12.9. The molecule has 108 valence electrons. The summed E-state index contributed by atoms with van der Waals surface area (Å²) in [5.41, 5.74) is 0.201. The summed E-state index contributed by atoms with van der Waals surface area (Å²) in [5, 5.41) is 4.65. The third-order valence-electron chi connectivity index (χ3n) is 3.99. The molecule has 1 aromatic heterocycles. The van der Waals surface area contributed by atoms with Gasteiger partial charge in [0.05, 0.1) is 17.7 Å². The molecule has 1 aliphatic heterocycles. The van der Waals surface area contributed by atoms with Crippen molar-refractivity contribution in [3.05, 3.63) is 16.1 Å². The maximum absolute atomic E-state index is 5.82. The number of nitrogens with zero attached hydrogens (tertiary/aromatic N) is 1. The third-order valence-corrected chi connectivity index (χ3v) is 4.90. The van der Waals surface area contributed by atoms with Gasteiger partial charge in [-0.05, 0) is 26.7 Å². The van der Waals surface area contributed by atoms with Gasteiger partial charge in [-0.25, -0.2) is 4.98 Å². The number of thiazole rings is 1. The van der Waals surface area contributed by atoms with Gasteiger partial charge in [0.2, 0.25) is 0 Å². The zero-order valence-electron chi connectivity index (χ0n) is 12.1. The van der Waals surface area contributed by atoms with Crippen molar-refractivity contribution < 1.29 is 9.47 Å². The van der Waals surface area contributed by atoms with Crippen molar-refractivity contribution in [1.29, 1.82) is 0 Å². The first-order chi connectivity index (χ1) is 9.16. The average Bonchev–Trinajstić information content (AvgIpc) is 2.94. The summed E-state index contributed by atoms with van der Waals surface area (Å²) < 4.78 is 10.9. The van der Waals surface area contributed by atoms with E-state index in [9.17, 15) is 0 Å². The van der Waals surface area contributed by atoms with Crippen molar-refractivity contribution in [3.63, 3.8) is 0 Å². The lowest BCUT2D eigenvalue weighted by atomic mass is 9.78. The van der Waals surface area contributed by atoms with Crippen molar-refractivity contribution in [1.82, 2.24) is 10.3 Å². The van der Waals surface area contributed by atoms with E-state index in [0.29, 0.717) is 6.10 Å². The minimum Gasteiger partial charge on any atom is -0.383 e. The number of aryl methyl sites for hydroxylation is 1. The summed E-state index contributed by atoms with van der Waals surface area (Å²) in [4.78, 5) is 5.73. The molecule has 0 radical (unpaired) electrons. The number of nitrogens with one attached hydrogen (secondary N) is 1. The second-order valence-electron chi connectivity index (χ2n) is 5.32. The van der Waals surface area contributed by atoms with Crippen LogP contribution in [0.5, 0.6) is 0 Å². The van der Waals surface area contributed by atoms with Crippen LogP contribution in [0.4, 0.5) is 0 Å². The van der Waals surface area contributed by atoms with Crippen molar-refractivity contribution in [2.45, 2.75) is 32.8 Å². The van der Waals surface area contributed by atoms with Gasteiger partial charge in [-0.15, -0.1) is 11.3 Å². The van der Waals surface area contributed by atoms with Crippen LogP contribution >= 0.6 is 11.3 Å². The van der Waals surface area contributed by atoms with E-state index in [1.165, 1.54) is 4.88 Å². The summed E-state index contributed by atoms with van der Waals surface area (Å²) >= 11 is 1.80. The van der Waals surface area contributed by atoms with Crippen LogP contribution in [-0.2, 0) is 15.9 Å². The fourth-order valence-electron chi connectivity index (χ4n) is 2.69. The van der Waals surface area contributed by atoms with Gasteiger partial charge < -0.3 is 14.8 Å². The second kappa shape index (κ2) is 6.79. The number of hydrogen-bond acceptors (Lipinski definition) is 5. The Hall–Kier alpha value is -0.490. The van der Waals surface area contributed by atoms with E-state index < -0.39 is 0 Å². The first-order valence-electron chi connectivity index (χ1n) is 6.89. The van der Waals surface area contributed by atoms with Gasteiger partial charge in [0.1, 0.15) is 0 Å². The molecule has 1 aliphatic rings. The average molecular weight is 284 g/mol. The fourth-order valence-corrected chi connectivity index (χ4v) is 3.64. The van der Waals surface area contributed by atoms with Crippen LogP contribution < -0.4 is 5.32 Å². The molecule has 2 unspecified atom stereocenters. The molecule has 0 spiro atoms. The molecule has 0 aromatic carbocycles. The standard InChI is InChI=1S/C14H24N2O2S/c1-11-14(4-6-18-11,10-15-5-7-17-3)8-13-9-16-12(2)19-13/h9,11,15H,4-8,10H2,1-3H3. The molecule has 0 saturated carbocycles. The lowest BCUT2D eigenvalue weighted by molar-refractivity contribution is 0.0623. The molecule has 2 rings (SSSR count). The second-order valence-corrected chi connectivity index (χ2v) is 6.64. The van der Waals surface area contributed by atoms with Gasteiger partial charge in [0, 0.05) is 43.3 Å². The van der Waals surface area contributed by atoms with Crippen molar-refractivity contribution in [2.24, 2.45) is 5.41 Å². The molecule has 4 nitrogen and oxygen atoms in total. The molecular formula is C14H24N2O2S. The molecule has 1 aromatic rings. The van der Waals surface area contributed by atoms with Gasteiger partial charge >= 0.3 is 0 Å². The molecule has 0 bridgehead atoms. The van der Waals surface area contributed by atoms with Crippen LogP contribution in [0.25, 0.3) is 0 Å². The number of ether oxygens (including phenoxy) is 2. The number of rotatable bonds is 7. The van der Waals surface area contributed by atoms with E-state index >= 15 is 0 Å². The summed E-state index contributed by atoms with van der Waals surface area (Å²) in [6, 6.07) is 0. The lowest BCUT2D eigenvalue weighted by Crippen LogP contribution is -2.42. The van der Waals surface area contributed by atoms with Gasteiger partial charge in [0.15, 0.2) is 0 Å². The maximum Gasteiger partial charge on any atom is 0.0896 e. The van der Waals surface area contributed by atoms with E-state index in [4.69, 9.17) is 9.47 Å². The Bertz CT molecular complexity index is 397. The first kappa shape index (κ1) is 14.9. The third kappa shape index (κ3) is 3.75. The minimum atomic E-state index is 0.201. The van der Waals surface area contributed by atoms with Crippen LogP contribution in [0.15, 0.2) is 6.20 Å². The fraction of sp³-hybridized carbons (Fsp3) is 0.786. The molecular weight excluding hydrogens is 260 g/mol. The summed E-state index contributed by atoms with van der Waals surface area (Å²) in [6.07, 6.45) is 4.48. The van der Waals surface area contributed by atoms with Crippen molar-refractivity contribution in [2.75, 3.05) is 33.4 Å². The maximum atomic E-state index is 5.82. The van der Waals surface area contributed by atoms with E-state index in [0.717, 1.165) is 44.2 Å². The Morgan fingerprint density at radius 1 is 1.63 bits per heavy atom. The van der Waals surface area contributed by atoms with Gasteiger partial charge in [0.25, 0.3) is 0 Å². The smallest absolute Gasteiger partial charge is 0.0896 e. The molecule has 19 heavy (non-hydrogen) atoms. The summed E-state index contributed by atoms with van der Waals surface area (Å²) in [6.45, 7) is 7.75. The van der Waals surface area contributed by atoms with E-state index in [1.54, 1.807) is 18.4 Å². The summed E-state index contributed by atoms with van der Waals surface area (Å²) in [5.74, 6) is 0. The highest BCUT2D eigenvalue weighted by Gasteiger charge is 2.41. The van der Waals surface area contributed by atoms with Crippen LogP contribution in [0, 0.1) is 12.3 Å². The highest BCUT2D eigenvalue weighted by molar-refractivity contribution is 7.11. The molecule has 2 heterocycles. The van der Waals surface area contributed by atoms with Crippen LogP contribution in [-0.4, -0.2) is 44.5 Å². The Labute approximate surface area is 119 Å². The topological polar surface area (TPSA) is 43.4 Å². The Morgan fingerprint density at radius 3 is 3.05 bits per heavy atom. The van der Waals surface area contributed by atoms with Gasteiger partial charge in [-0.2, -0.15) is 0 Å². The molecule has 0 amide bonds. The number of hydrogen-bond donors (Lipinski definition) is 1. The van der Waals surface area contributed by atoms with Gasteiger partial charge in [-0.3, -0.25) is 0 Å². The van der Waals surface area contributed by atoms with Crippen LogP contribution in [0.2, 0.25) is 0 Å². The van der Waals surface area contributed by atoms with Gasteiger partial charge in [-0.1, -0.05) is 0 Å². The van der Waals surface area contributed by atoms with E-state index in [2.05, 4.69) is 24.1 Å². The summed E-state index contributed by atoms with van der Waals surface area (Å²) in [7, 11) is 1.73. The molecule has 0 aliphatic carbocycles. The number of aromatic nitrogens is 1.